The Morgan fingerprint density at radius 1 is 1.29 bits per heavy atom. The van der Waals surface area contributed by atoms with E-state index in [9.17, 15) is 0 Å². The summed E-state index contributed by atoms with van der Waals surface area (Å²) >= 11 is 0. The number of nitrogens with zero attached hydrogens (tertiary/aromatic N) is 1. The fourth-order valence-electron chi connectivity index (χ4n) is 1.34. The number of anilines is 1. The van der Waals surface area contributed by atoms with Gasteiger partial charge in [-0.2, -0.15) is 0 Å². The lowest BCUT2D eigenvalue weighted by molar-refractivity contribution is 0.574. The highest BCUT2D eigenvalue weighted by Gasteiger charge is 2.08. The van der Waals surface area contributed by atoms with Crippen molar-refractivity contribution in [3.63, 3.8) is 0 Å². The molecule has 2 N–H and O–H groups in total. The van der Waals surface area contributed by atoms with Crippen LogP contribution in [0.4, 0.5) is 5.69 Å². The Morgan fingerprint density at radius 3 is 2.71 bits per heavy atom. The summed E-state index contributed by atoms with van der Waals surface area (Å²) in [5.41, 5.74) is 9.42. The monoisotopic (exact) mass is 188 g/mol. The lowest BCUT2D eigenvalue weighted by Gasteiger charge is -2.03. The van der Waals surface area contributed by atoms with E-state index in [0.29, 0.717) is 5.89 Å². The lowest BCUT2D eigenvalue weighted by Crippen LogP contribution is -1.93. The second-order valence-corrected chi connectivity index (χ2v) is 3.33. The molecule has 0 atom stereocenters. The number of nitrogens with two attached hydrogens (primary N) is 1. The van der Waals surface area contributed by atoms with E-state index in [0.717, 1.165) is 22.5 Å². The van der Waals surface area contributed by atoms with Crippen LogP contribution in [0.15, 0.2) is 28.9 Å². The Balaban J connectivity index is 2.57. The summed E-state index contributed by atoms with van der Waals surface area (Å²) in [5, 5.41) is 0. The van der Waals surface area contributed by atoms with Gasteiger partial charge in [0.05, 0.1) is 11.3 Å². The van der Waals surface area contributed by atoms with Crippen LogP contribution in [0.25, 0.3) is 11.5 Å². The first-order chi connectivity index (χ1) is 6.68. The average molecular weight is 188 g/mol. The molecule has 2 aromatic rings. The minimum Gasteiger partial charge on any atom is -0.444 e. The zero-order chi connectivity index (χ0) is 10.1. The van der Waals surface area contributed by atoms with E-state index >= 15 is 0 Å². The second kappa shape index (κ2) is 3.18. The third kappa shape index (κ3) is 1.37. The molecule has 0 saturated heterocycles. The molecule has 0 aliphatic rings. The average Bonchev–Trinajstić information content (AvgIpc) is 2.57. The third-order valence-corrected chi connectivity index (χ3v) is 2.17. The Labute approximate surface area is 82.6 Å². The minimum atomic E-state index is 0.587. The largest absolute Gasteiger partial charge is 0.444 e. The molecule has 72 valence electrons. The summed E-state index contributed by atoms with van der Waals surface area (Å²) in [6, 6.07) is 5.82. The Morgan fingerprint density at radius 2 is 2.07 bits per heavy atom. The van der Waals surface area contributed by atoms with Crippen molar-refractivity contribution in [2.24, 2.45) is 0 Å². The second-order valence-electron chi connectivity index (χ2n) is 3.33. The number of hydrogen-bond donors (Lipinski definition) is 1. The molecule has 0 aliphatic carbocycles. The van der Waals surface area contributed by atoms with Crippen LogP contribution in [0.1, 0.15) is 11.3 Å². The predicted molar refractivity (Wildman–Crippen MR) is 55.8 cm³/mol. The molecular weight excluding hydrogens is 176 g/mol. The first kappa shape index (κ1) is 8.81. The molecule has 0 unspecified atom stereocenters. The van der Waals surface area contributed by atoms with Crippen molar-refractivity contribution in [1.29, 1.82) is 0 Å². The van der Waals surface area contributed by atoms with Crippen molar-refractivity contribution in [3.05, 3.63) is 35.7 Å². The molecular formula is C11H12N2O. The first-order valence-electron chi connectivity index (χ1n) is 4.46. The summed E-state index contributed by atoms with van der Waals surface area (Å²) < 4.78 is 5.30. The maximum absolute atomic E-state index is 5.92. The Hall–Kier alpha value is -1.77. The molecule has 0 spiro atoms. The highest BCUT2D eigenvalue weighted by molar-refractivity contribution is 5.73. The maximum Gasteiger partial charge on any atom is 0.228 e. The number of nitrogen functional groups attached to an aromatic ring is 1. The molecule has 0 amide bonds. The van der Waals surface area contributed by atoms with Gasteiger partial charge in [-0.1, -0.05) is 12.1 Å². The van der Waals surface area contributed by atoms with Crippen LogP contribution >= 0.6 is 0 Å². The molecule has 1 aromatic heterocycles. The first-order valence-corrected chi connectivity index (χ1v) is 4.46. The van der Waals surface area contributed by atoms with Gasteiger partial charge in [-0.15, -0.1) is 0 Å². The van der Waals surface area contributed by atoms with Crippen molar-refractivity contribution >= 4 is 5.69 Å². The molecule has 14 heavy (non-hydrogen) atoms. The highest BCUT2D eigenvalue weighted by atomic mass is 16.3. The number of hydrogen-bond acceptors (Lipinski definition) is 3. The fourth-order valence-corrected chi connectivity index (χ4v) is 1.34. The predicted octanol–water partition coefficient (Wildman–Crippen LogP) is 2.54. The fraction of sp³-hybridized carbons (Fsp3) is 0.182. The van der Waals surface area contributed by atoms with E-state index in [4.69, 9.17) is 10.2 Å². The van der Waals surface area contributed by atoms with Gasteiger partial charge < -0.3 is 10.2 Å². The molecule has 2 rings (SSSR count). The van der Waals surface area contributed by atoms with E-state index < -0.39 is 0 Å². The van der Waals surface area contributed by atoms with E-state index in [1.54, 1.807) is 6.26 Å². The molecule has 0 aliphatic heterocycles. The number of aryl methyl sites for hydroxylation is 2. The van der Waals surface area contributed by atoms with Gasteiger partial charge in [-0.25, -0.2) is 4.98 Å². The number of oxazole rings is 1. The van der Waals surface area contributed by atoms with E-state index in [-0.39, 0.29) is 0 Å². The van der Waals surface area contributed by atoms with Crippen LogP contribution in [0, 0.1) is 13.8 Å². The number of rotatable bonds is 1. The van der Waals surface area contributed by atoms with E-state index in [1.807, 2.05) is 32.0 Å². The van der Waals surface area contributed by atoms with Crippen LogP contribution in [0.5, 0.6) is 0 Å². The summed E-state index contributed by atoms with van der Waals surface area (Å²) in [4.78, 5) is 4.24. The van der Waals surface area contributed by atoms with E-state index in [2.05, 4.69) is 4.98 Å². The summed E-state index contributed by atoms with van der Waals surface area (Å²) in [7, 11) is 0. The summed E-state index contributed by atoms with van der Waals surface area (Å²) in [5.74, 6) is 0.587. The molecule has 1 heterocycles. The molecule has 3 nitrogen and oxygen atoms in total. The van der Waals surface area contributed by atoms with Crippen molar-refractivity contribution in [2.45, 2.75) is 13.8 Å². The number of aromatic nitrogens is 1. The van der Waals surface area contributed by atoms with Crippen LogP contribution in [0.3, 0.4) is 0 Å². The van der Waals surface area contributed by atoms with Gasteiger partial charge in [0.2, 0.25) is 5.89 Å². The molecule has 3 heteroatoms. The Kier molecular flexibility index (Phi) is 2.00. The van der Waals surface area contributed by atoms with Crippen LogP contribution in [-0.4, -0.2) is 4.98 Å². The SMILES string of the molecule is Cc1coc(-c2cccc(C)c2N)n1. The zero-order valence-corrected chi connectivity index (χ0v) is 8.24. The summed E-state index contributed by atoms with van der Waals surface area (Å²) in [6.45, 7) is 3.85. The zero-order valence-electron chi connectivity index (χ0n) is 8.24. The smallest absolute Gasteiger partial charge is 0.228 e. The van der Waals surface area contributed by atoms with Gasteiger partial charge in [0.1, 0.15) is 6.26 Å². The van der Waals surface area contributed by atoms with Gasteiger partial charge in [-0.05, 0) is 25.5 Å². The van der Waals surface area contributed by atoms with Crippen LogP contribution < -0.4 is 5.73 Å². The highest BCUT2D eigenvalue weighted by Crippen LogP contribution is 2.27. The maximum atomic E-state index is 5.92. The molecule has 0 saturated carbocycles. The standard InChI is InChI=1S/C11H12N2O/c1-7-4-3-5-9(10(7)12)11-13-8(2)6-14-11/h3-6H,12H2,1-2H3. The van der Waals surface area contributed by atoms with Crippen molar-refractivity contribution in [3.8, 4) is 11.5 Å². The van der Waals surface area contributed by atoms with E-state index in [1.165, 1.54) is 0 Å². The Bertz CT molecular complexity index is 460. The van der Waals surface area contributed by atoms with Crippen LogP contribution in [0.2, 0.25) is 0 Å². The summed E-state index contributed by atoms with van der Waals surface area (Å²) in [6.07, 6.45) is 1.62. The van der Waals surface area contributed by atoms with Gasteiger partial charge in [0.15, 0.2) is 0 Å². The van der Waals surface area contributed by atoms with Crippen molar-refractivity contribution < 1.29 is 4.42 Å². The molecule has 1 aromatic carbocycles. The van der Waals surface area contributed by atoms with Crippen LogP contribution in [-0.2, 0) is 0 Å². The quantitative estimate of drug-likeness (QED) is 0.699. The normalized spacial score (nSPS) is 10.4. The van der Waals surface area contributed by atoms with Gasteiger partial charge in [-0.3, -0.25) is 0 Å². The van der Waals surface area contributed by atoms with Gasteiger partial charge >= 0.3 is 0 Å². The van der Waals surface area contributed by atoms with Crippen molar-refractivity contribution in [1.82, 2.24) is 4.98 Å². The van der Waals surface area contributed by atoms with Crippen molar-refractivity contribution in [2.75, 3.05) is 5.73 Å². The van der Waals surface area contributed by atoms with Gasteiger partial charge in [0, 0.05) is 5.69 Å². The minimum absolute atomic E-state index is 0.587. The number of benzene rings is 1. The lowest BCUT2D eigenvalue weighted by atomic mass is 10.1. The van der Waals surface area contributed by atoms with Gasteiger partial charge in [0.25, 0.3) is 0 Å². The topological polar surface area (TPSA) is 52.0 Å². The third-order valence-electron chi connectivity index (χ3n) is 2.17. The number of para-hydroxylation sites is 1. The molecule has 0 fully saturated rings. The molecule has 0 radical (unpaired) electrons. The molecule has 0 bridgehead atoms.